The molecule has 0 bridgehead atoms. The van der Waals surface area contributed by atoms with Crippen LogP contribution in [0.15, 0.2) is 36.7 Å². The van der Waals surface area contributed by atoms with Gasteiger partial charge < -0.3 is 5.32 Å². The third-order valence-electron chi connectivity index (χ3n) is 2.28. The van der Waals surface area contributed by atoms with Gasteiger partial charge in [-0.15, -0.1) is 0 Å². The number of amides is 1. The van der Waals surface area contributed by atoms with Gasteiger partial charge in [-0.3, -0.25) is 4.79 Å². The van der Waals surface area contributed by atoms with Crippen molar-refractivity contribution >= 4 is 29.1 Å². The van der Waals surface area contributed by atoms with Gasteiger partial charge in [0.05, 0.1) is 0 Å². The van der Waals surface area contributed by atoms with Gasteiger partial charge in [0, 0.05) is 6.54 Å². The summed E-state index contributed by atoms with van der Waals surface area (Å²) in [5.41, 5.74) is 1.08. The highest BCUT2D eigenvalue weighted by Crippen LogP contribution is 2.19. The van der Waals surface area contributed by atoms with Crippen LogP contribution in [-0.2, 0) is 6.54 Å². The Morgan fingerprint density at radius 3 is 2.33 bits per heavy atom. The Bertz CT molecular complexity index is 540. The Balaban J connectivity index is 2.09. The number of carbonyl (C=O) groups is 1. The van der Waals surface area contributed by atoms with E-state index in [1.807, 2.05) is 30.3 Å². The zero-order valence-electron chi connectivity index (χ0n) is 9.23. The summed E-state index contributed by atoms with van der Waals surface area (Å²) < 4.78 is 0. The summed E-state index contributed by atoms with van der Waals surface area (Å²) in [6.45, 7) is 0.390. The van der Waals surface area contributed by atoms with Crippen LogP contribution in [-0.4, -0.2) is 15.9 Å². The Kier molecular flexibility index (Phi) is 4.12. The fourth-order valence-electron chi connectivity index (χ4n) is 1.40. The molecule has 1 amide bonds. The number of halogens is 2. The highest BCUT2D eigenvalue weighted by atomic mass is 35.5. The van der Waals surface area contributed by atoms with Gasteiger partial charge in [-0.2, -0.15) is 0 Å². The van der Waals surface area contributed by atoms with Crippen molar-refractivity contribution in [3.8, 4) is 0 Å². The van der Waals surface area contributed by atoms with Gasteiger partial charge in [-0.1, -0.05) is 53.5 Å². The average Bonchev–Trinajstić information content (AvgIpc) is 2.37. The second-order valence-corrected chi connectivity index (χ2v) is 4.21. The highest BCUT2D eigenvalue weighted by molar-refractivity contribution is 6.38. The molecule has 6 heteroatoms. The van der Waals surface area contributed by atoms with Crippen LogP contribution in [0.25, 0.3) is 0 Å². The molecule has 0 saturated heterocycles. The first-order valence-corrected chi connectivity index (χ1v) is 5.92. The van der Waals surface area contributed by atoms with Gasteiger partial charge in [-0.05, 0) is 5.56 Å². The van der Waals surface area contributed by atoms with Crippen LogP contribution in [0.5, 0.6) is 0 Å². The van der Waals surface area contributed by atoms with Crippen LogP contribution in [0.2, 0.25) is 10.3 Å². The van der Waals surface area contributed by atoms with E-state index in [9.17, 15) is 4.79 Å². The molecule has 1 aromatic heterocycles. The van der Waals surface area contributed by atoms with Crippen molar-refractivity contribution in [1.82, 2.24) is 15.3 Å². The molecule has 1 N–H and O–H groups in total. The molecule has 2 rings (SSSR count). The predicted octanol–water partition coefficient (Wildman–Crippen LogP) is 2.71. The van der Waals surface area contributed by atoms with Crippen LogP contribution in [0.3, 0.4) is 0 Å². The molecule has 0 radical (unpaired) electrons. The summed E-state index contributed by atoms with van der Waals surface area (Å²) in [5, 5.41) is 2.79. The molecule has 0 saturated carbocycles. The predicted molar refractivity (Wildman–Crippen MR) is 69.7 cm³/mol. The monoisotopic (exact) mass is 281 g/mol. The van der Waals surface area contributed by atoms with E-state index >= 15 is 0 Å². The summed E-state index contributed by atoms with van der Waals surface area (Å²) in [4.78, 5) is 19.3. The fraction of sp³-hybridized carbons (Fsp3) is 0.0833. The van der Waals surface area contributed by atoms with Crippen molar-refractivity contribution in [3.63, 3.8) is 0 Å². The van der Waals surface area contributed by atoms with E-state index in [1.165, 1.54) is 6.33 Å². The van der Waals surface area contributed by atoms with Crippen molar-refractivity contribution in [2.75, 3.05) is 0 Å². The molecule has 0 unspecified atom stereocenters. The third-order valence-corrected chi connectivity index (χ3v) is 2.85. The minimum absolute atomic E-state index is 0.0422. The van der Waals surface area contributed by atoms with Gasteiger partial charge in [0.2, 0.25) is 0 Å². The smallest absolute Gasteiger partial charge is 0.257 e. The summed E-state index contributed by atoms with van der Waals surface area (Å²) in [6.07, 6.45) is 1.21. The lowest BCUT2D eigenvalue weighted by atomic mass is 10.2. The number of rotatable bonds is 3. The third kappa shape index (κ3) is 2.97. The van der Waals surface area contributed by atoms with Crippen molar-refractivity contribution in [3.05, 3.63) is 58.1 Å². The normalized spacial score (nSPS) is 10.1. The molecule has 0 aliphatic heterocycles. The second-order valence-electron chi connectivity index (χ2n) is 3.50. The number of nitrogens with zero attached hydrogens (tertiary/aromatic N) is 2. The molecule has 1 aromatic carbocycles. The minimum Gasteiger partial charge on any atom is -0.348 e. The van der Waals surface area contributed by atoms with Crippen molar-refractivity contribution in [1.29, 1.82) is 0 Å². The van der Waals surface area contributed by atoms with Gasteiger partial charge in [0.15, 0.2) is 0 Å². The second kappa shape index (κ2) is 5.80. The lowest BCUT2D eigenvalue weighted by Gasteiger charge is -2.07. The van der Waals surface area contributed by atoms with Gasteiger partial charge in [0.25, 0.3) is 5.91 Å². The zero-order chi connectivity index (χ0) is 13.0. The molecule has 2 aromatic rings. The summed E-state index contributed by atoms with van der Waals surface area (Å²) in [7, 11) is 0. The van der Waals surface area contributed by atoms with E-state index in [4.69, 9.17) is 23.2 Å². The molecule has 0 aliphatic rings. The maximum Gasteiger partial charge on any atom is 0.257 e. The topological polar surface area (TPSA) is 54.9 Å². The molecule has 18 heavy (non-hydrogen) atoms. The Morgan fingerprint density at radius 1 is 1.11 bits per heavy atom. The molecular formula is C12H9Cl2N3O. The van der Waals surface area contributed by atoms with Crippen LogP contribution < -0.4 is 5.32 Å². The number of aromatic nitrogens is 2. The van der Waals surface area contributed by atoms with Crippen LogP contribution >= 0.6 is 23.2 Å². The van der Waals surface area contributed by atoms with Crippen molar-refractivity contribution in [2.45, 2.75) is 6.54 Å². The molecule has 4 nitrogen and oxygen atoms in total. The summed E-state index contributed by atoms with van der Waals surface area (Å²) in [5.74, 6) is -0.394. The molecule has 0 aliphatic carbocycles. The van der Waals surface area contributed by atoms with E-state index in [-0.39, 0.29) is 15.9 Å². The lowest BCUT2D eigenvalue weighted by molar-refractivity contribution is 0.0950. The maximum absolute atomic E-state index is 11.9. The quantitative estimate of drug-likeness (QED) is 0.881. The first kappa shape index (κ1) is 12.8. The SMILES string of the molecule is O=C(NCc1ccccc1)c1c(Cl)ncnc1Cl. The van der Waals surface area contributed by atoms with Gasteiger partial charge in [-0.25, -0.2) is 9.97 Å². The Labute approximate surface area is 114 Å². The van der Waals surface area contributed by atoms with E-state index in [2.05, 4.69) is 15.3 Å². The first-order chi connectivity index (χ1) is 8.68. The highest BCUT2D eigenvalue weighted by Gasteiger charge is 2.16. The Morgan fingerprint density at radius 2 is 1.72 bits per heavy atom. The first-order valence-electron chi connectivity index (χ1n) is 5.16. The van der Waals surface area contributed by atoms with E-state index in [0.29, 0.717) is 6.54 Å². The molecule has 0 atom stereocenters. The number of nitrogens with one attached hydrogen (secondary N) is 1. The minimum atomic E-state index is -0.394. The number of benzene rings is 1. The fourth-order valence-corrected chi connectivity index (χ4v) is 1.88. The van der Waals surface area contributed by atoms with Crippen LogP contribution in [0.4, 0.5) is 0 Å². The maximum atomic E-state index is 11.9. The molecule has 92 valence electrons. The average molecular weight is 282 g/mol. The molecular weight excluding hydrogens is 273 g/mol. The number of carbonyl (C=O) groups excluding carboxylic acids is 1. The molecule has 0 fully saturated rings. The van der Waals surface area contributed by atoms with Crippen molar-refractivity contribution in [2.24, 2.45) is 0 Å². The summed E-state index contributed by atoms with van der Waals surface area (Å²) >= 11 is 11.6. The zero-order valence-corrected chi connectivity index (χ0v) is 10.7. The lowest BCUT2D eigenvalue weighted by Crippen LogP contribution is -2.24. The van der Waals surface area contributed by atoms with Crippen LogP contribution in [0, 0.1) is 0 Å². The molecule has 1 heterocycles. The van der Waals surface area contributed by atoms with Crippen molar-refractivity contribution < 1.29 is 4.79 Å². The van der Waals surface area contributed by atoms with E-state index in [0.717, 1.165) is 5.56 Å². The Hall–Kier alpha value is -1.65. The number of hydrogen-bond acceptors (Lipinski definition) is 3. The van der Waals surface area contributed by atoms with Crippen LogP contribution in [0.1, 0.15) is 15.9 Å². The summed E-state index contributed by atoms with van der Waals surface area (Å²) in [6, 6.07) is 9.51. The largest absolute Gasteiger partial charge is 0.348 e. The standard InChI is InChI=1S/C12H9Cl2N3O/c13-10-9(11(14)17-7-16-10)12(18)15-6-8-4-2-1-3-5-8/h1-5,7H,6H2,(H,15,18). The molecule has 0 spiro atoms. The number of hydrogen-bond donors (Lipinski definition) is 1. The van der Waals surface area contributed by atoms with E-state index < -0.39 is 5.91 Å². The van der Waals surface area contributed by atoms with Gasteiger partial charge in [0.1, 0.15) is 22.2 Å². The van der Waals surface area contributed by atoms with Gasteiger partial charge >= 0.3 is 0 Å². The van der Waals surface area contributed by atoms with E-state index in [1.54, 1.807) is 0 Å².